The molecule has 9 nitrogen and oxygen atoms in total. The van der Waals surface area contributed by atoms with Gasteiger partial charge in [-0.3, -0.25) is 4.72 Å². The number of esters is 1. The van der Waals surface area contributed by atoms with E-state index in [1.807, 2.05) is 6.07 Å². The molecule has 29 heavy (non-hydrogen) atoms. The van der Waals surface area contributed by atoms with E-state index in [1.165, 1.54) is 28.9 Å². The molecule has 0 aliphatic rings. The normalized spacial score (nSPS) is 11.4. The lowest BCUT2D eigenvalue weighted by atomic mass is 10.1. The van der Waals surface area contributed by atoms with Gasteiger partial charge in [-0.05, 0) is 45.4 Å². The monoisotopic (exact) mass is 413 g/mol. The number of nitrogens with one attached hydrogen (secondary N) is 1. The Hall–Kier alpha value is -3.45. The molecular weight excluding hydrogens is 394 g/mol. The third-order valence-corrected chi connectivity index (χ3v) is 5.39. The lowest BCUT2D eigenvalue weighted by Gasteiger charge is -2.13. The lowest BCUT2D eigenvalue weighted by Crippen LogP contribution is -2.18. The van der Waals surface area contributed by atoms with E-state index < -0.39 is 16.0 Å². The zero-order valence-electron chi connectivity index (χ0n) is 16.3. The van der Waals surface area contributed by atoms with Crippen molar-refractivity contribution in [3.63, 3.8) is 0 Å². The fraction of sp³-hybridized carbons (Fsp3) is 0.263. The highest BCUT2D eigenvalue weighted by molar-refractivity contribution is 7.92. The molecule has 0 spiro atoms. The van der Waals surface area contributed by atoms with E-state index in [9.17, 15) is 13.2 Å². The number of carbonyl (C=O) groups is 1. The van der Waals surface area contributed by atoms with E-state index in [2.05, 4.69) is 14.8 Å². The molecule has 1 N–H and O–H groups in total. The fourth-order valence-corrected chi connectivity index (χ4v) is 3.76. The molecule has 0 unspecified atom stereocenters. The number of aromatic nitrogens is 3. The minimum Gasteiger partial charge on any atom is -0.459 e. The highest BCUT2D eigenvalue weighted by atomic mass is 32.2. The van der Waals surface area contributed by atoms with Gasteiger partial charge in [0.2, 0.25) is 0 Å². The van der Waals surface area contributed by atoms with Crippen molar-refractivity contribution < 1.29 is 17.9 Å². The van der Waals surface area contributed by atoms with Crippen LogP contribution in [0.5, 0.6) is 0 Å². The van der Waals surface area contributed by atoms with Crippen molar-refractivity contribution >= 4 is 27.5 Å². The Morgan fingerprint density at radius 1 is 1.28 bits per heavy atom. The summed E-state index contributed by atoms with van der Waals surface area (Å²) < 4.78 is 34.8. The number of nitriles is 1. The van der Waals surface area contributed by atoms with Crippen LogP contribution in [0.2, 0.25) is 0 Å². The number of sulfonamides is 1. The smallest absolute Gasteiger partial charge is 0.338 e. The Labute approximate surface area is 168 Å². The van der Waals surface area contributed by atoms with Crippen LogP contribution in [0.1, 0.15) is 41.0 Å². The van der Waals surface area contributed by atoms with E-state index in [4.69, 9.17) is 10.00 Å². The van der Waals surface area contributed by atoms with Crippen LogP contribution in [0, 0.1) is 25.2 Å². The van der Waals surface area contributed by atoms with Gasteiger partial charge in [0.25, 0.3) is 10.0 Å². The van der Waals surface area contributed by atoms with Gasteiger partial charge in [0, 0.05) is 11.8 Å². The number of aryl methyl sites for hydroxylation is 2. The average Bonchev–Trinajstić information content (AvgIpc) is 3.03. The number of rotatable bonds is 5. The van der Waals surface area contributed by atoms with Crippen molar-refractivity contribution in [3.8, 4) is 6.07 Å². The second-order valence-electron chi connectivity index (χ2n) is 6.72. The molecule has 2 aromatic heterocycles. The topological polar surface area (TPSA) is 126 Å². The molecule has 2 heterocycles. The number of carbonyl (C=O) groups excluding carboxylic acids is 1. The Balaban J connectivity index is 2.03. The summed E-state index contributed by atoms with van der Waals surface area (Å²) in [6.07, 6.45) is 0.980. The van der Waals surface area contributed by atoms with Crippen LogP contribution in [0.4, 0.5) is 5.82 Å². The highest BCUT2D eigenvalue weighted by Gasteiger charge is 2.21. The van der Waals surface area contributed by atoms with Gasteiger partial charge < -0.3 is 4.74 Å². The van der Waals surface area contributed by atoms with Crippen LogP contribution in [0.25, 0.3) is 5.65 Å². The van der Waals surface area contributed by atoms with Crippen LogP contribution in [0.3, 0.4) is 0 Å². The van der Waals surface area contributed by atoms with Crippen molar-refractivity contribution in [2.24, 2.45) is 0 Å². The van der Waals surface area contributed by atoms with Crippen molar-refractivity contribution in [2.75, 3.05) is 4.72 Å². The first-order chi connectivity index (χ1) is 13.6. The second-order valence-corrected chi connectivity index (χ2v) is 8.41. The van der Waals surface area contributed by atoms with Gasteiger partial charge in [0.15, 0.2) is 5.65 Å². The summed E-state index contributed by atoms with van der Waals surface area (Å²) in [5.41, 5.74) is 1.75. The minimum absolute atomic E-state index is 0.103. The molecule has 0 aliphatic carbocycles. The summed E-state index contributed by atoms with van der Waals surface area (Å²) in [7, 11) is -4.05. The summed E-state index contributed by atoms with van der Waals surface area (Å²) >= 11 is 0. The van der Waals surface area contributed by atoms with Gasteiger partial charge in [0.05, 0.1) is 22.8 Å². The third-order valence-electron chi connectivity index (χ3n) is 4.04. The Kier molecular flexibility index (Phi) is 5.26. The number of anilines is 1. The van der Waals surface area contributed by atoms with E-state index in [0.717, 1.165) is 0 Å². The van der Waals surface area contributed by atoms with Crippen molar-refractivity contribution in [2.45, 2.75) is 38.7 Å². The van der Waals surface area contributed by atoms with Crippen LogP contribution < -0.4 is 4.72 Å². The number of hydrogen-bond acceptors (Lipinski definition) is 7. The van der Waals surface area contributed by atoms with Crippen LogP contribution in [-0.2, 0) is 14.8 Å². The first-order valence-corrected chi connectivity index (χ1v) is 10.2. The molecule has 3 rings (SSSR count). The summed E-state index contributed by atoms with van der Waals surface area (Å²) in [5.74, 6) is -0.469. The predicted molar refractivity (Wildman–Crippen MR) is 105 cm³/mol. The Morgan fingerprint density at radius 2 is 2.00 bits per heavy atom. The van der Waals surface area contributed by atoms with Crippen molar-refractivity contribution in [1.82, 2.24) is 14.6 Å². The van der Waals surface area contributed by atoms with E-state index >= 15 is 0 Å². The maximum Gasteiger partial charge on any atom is 0.338 e. The van der Waals surface area contributed by atoms with Gasteiger partial charge in [-0.15, -0.1) is 0 Å². The number of nitrogens with zero attached hydrogens (tertiary/aromatic N) is 4. The molecular formula is C19H19N5O4S. The maximum absolute atomic E-state index is 13.0. The maximum atomic E-state index is 13.0. The van der Waals surface area contributed by atoms with Crippen molar-refractivity contribution in [3.05, 3.63) is 52.8 Å². The van der Waals surface area contributed by atoms with E-state index in [0.29, 0.717) is 11.3 Å². The largest absolute Gasteiger partial charge is 0.459 e. The van der Waals surface area contributed by atoms with E-state index in [-0.39, 0.29) is 33.6 Å². The molecule has 1 aromatic carbocycles. The number of benzene rings is 1. The Morgan fingerprint density at radius 3 is 2.66 bits per heavy atom. The predicted octanol–water partition coefficient (Wildman–Crippen LogP) is 2.58. The van der Waals surface area contributed by atoms with E-state index in [1.54, 1.807) is 33.8 Å². The molecule has 0 radical (unpaired) electrons. The molecule has 0 atom stereocenters. The second kappa shape index (κ2) is 7.52. The van der Waals surface area contributed by atoms with Gasteiger partial charge in [-0.1, -0.05) is 6.07 Å². The van der Waals surface area contributed by atoms with Crippen LogP contribution >= 0.6 is 0 Å². The molecule has 0 saturated carbocycles. The lowest BCUT2D eigenvalue weighted by molar-refractivity contribution is 0.0376. The Bertz CT molecular complexity index is 1260. The van der Waals surface area contributed by atoms with Crippen LogP contribution in [-0.4, -0.2) is 35.1 Å². The zero-order chi connectivity index (χ0) is 21.3. The van der Waals surface area contributed by atoms with Crippen LogP contribution in [0.15, 0.2) is 35.4 Å². The number of fused-ring (bicyclic) bond motifs is 1. The molecule has 0 aliphatic heterocycles. The fourth-order valence-electron chi connectivity index (χ4n) is 2.70. The minimum atomic E-state index is -4.05. The summed E-state index contributed by atoms with van der Waals surface area (Å²) in [5, 5.41) is 13.2. The zero-order valence-corrected chi connectivity index (χ0v) is 17.1. The van der Waals surface area contributed by atoms with Crippen molar-refractivity contribution in [1.29, 1.82) is 5.26 Å². The molecule has 3 aromatic rings. The molecule has 0 amide bonds. The summed E-state index contributed by atoms with van der Waals surface area (Å²) in [4.78, 5) is 16.4. The average molecular weight is 413 g/mol. The quantitative estimate of drug-likeness (QED) is 0.637. The SMILES string of the molecule is Cc1cc(NS(=O)(=O)c2ccc(C)c(C(=O)OC(C)C)c2)n2ncc(C#N)c2n1. The summed E-state index contributed by atoms with van der Waals surface area (Å²) in [6, 6.07) is 7.69. The molecule has 0 saturated heterocycles. The number of ether oxygens (including phenoxy) is 1. The van der Waals surface area contributed by atoms with Gasteiger partial charge in [0.1, 0.15) is 17.5 Å². The van der Waals surface area contributed by atoms with Gasteiger partial charge >= 0.3 is 5.97 Å². The summed E-state index contributed by atoms with van der Waals surface area (Å²) in [6.45, 7) is 6.81. The van der Waals surface area contributed by atoms with Gasteiger partial charge in [-0.2, -0.15) is 14.9 Å². The number of hydrogen-bond donors (Lipinski definition) is 1. The molecule has 0 fully saturated rings. The first-order valence-electron chi connectivity index (χ1n) is 8.72. The third kappa shape index (κ3) is 4.05. The molecule has 150 valence electrons. The van der Waals surface area contributed by atoms with Gasteiger partial charge in [-0.25, -0.2) is 18.2 Å². The first kappa shape index (κ1) is 20.3. The molecule has 10 heteroatoms. The highest BCUT2D eigenvalue weighted by Crippen LogP contribution is 2.22. The standard InChI is InChI=1S/C19H19N5O4S/c1-11(2)28-19(25)16-8-15(6-5-12(16)3)29(26,27)23-17-7-13(4)22-18-14(9-20)10-21-24(17)18/h5-8,10-11,23H,1-4H3. The molecule has 0 bridgehead atoms.